The molecule has 2 aromatic rings. The van der Waals surface area contributed by atoms with E-state index in [2.05, 4.69) is 16.9 Å². The minimum Gasteiger partial charge on any atom is -0.480 e. The molecular weight excluding hydrogens is 549 g/mol. The van der Waals surface area contributed by atoms with Crippen LogP contribution in [0.5, 0.6) is 0 Å². The Morgan fingerprint density at radius 3 is 2.56 bits per heavy atom. The van der Waals surface area contributed by atoms with Gasteiger partial charge in [0.05, 0.1) is 25.5 Å². The minimum absolute atomic E-state index is 0.150. The zero-order chi connectivity index (χ0) is 30.5. The quantitative estimate of drug-likeness (QED) is 0.457. The fourth-order valence-corrected chi connectivity index (χ4v) is 6.07. The summed E-state index contributed by atoms with van der Waals surface area (Å²) in [5.74, 6) is -2.01. The first-order valence-corrected chi connectivity index (χ1v) is 14.8. The van der Waals surface area contributed by atoms with E-state index in [-0.39, 0.29) is 30.5 Å². The van der Waals surface area contributed by atoms with E-state index in [1.54, 1.807) is 18.3 Å². The van der Waals surface area contributed by atoms with Crippen molar-refractivity contribution in [3.05, 3.63) is 77.9 Å². The van der Waals surface area contributed by atoms with Gasteiger partial charge in [0.1, 0.15) is 12.2 Å². The molecule has 0 spiro atoms. The maximum Gasteiger partial charge on any atom is 0.326 e. The fraction of sp³-hybridized carbons (Fsp3) is 0.424. The van der Waals surface area contributed by atoms with Gasteiger partial charge >= 0.3 is 5.97 Å². The topological polar surface area (TPSA) is 97.7 Å². The van der Waals surface area contributed by atoms with Gasteiger partial charge in [-0.3, -0.25) is 9.69 Å². The van der Waals surface area contributed by atoms with Crippen LogP contribution < -0.4 is 5.32 Å². The summed E-state index contributed by atoms with van der Waals surface area (Å²) < 4.78 is 21.3. The number of carboxylic acid groups (broad SMARTS) is 1. The van der Waals surface area contributed by atoms with Gasteiger partial charge in [-0.05, 0) is 42.0 Å². The second kappa shape index (κ2) is 13.5. The van der Waals surface area contributed by atoms with Crippen LogP contribution in [0, 0.1) is 5.92 Å². The van der Waals surface area contributed by atoms with Crippen molar-refractivity contribution in [2.24, 2.45) is 10.9 Å². The highest BCUT2D eigenvalue weighted by molar-refractivity contribution is 5.85. The number of piperidine rings is 1. The largest absolute Gasteiger partial charge is 0.480 e. The smallest absolute Gasteiger partial charge is 0.326 e. The minimum atomic E-state index is -1.10. The molecule has 228 valence electrons. The van der Waals surface area contributed by atoms with Crippen molar-refractivity contribution >= 4 is 23.8 Å². The number of likely N-dealkylation sites (N-methyl/N-ethyl adjacent to an activating group) is 1. The Morgan fingerprint density at radius 2 is 1.86 bits per heavy atom. The Balaban J connectivity index is 1.24. The molecule has 0 aliphatic carbocycles. The predicted octanol–water partition coefficient (Wildman–Crippen LogP) is 3.98. The Bertz CT molecular complexity index is 1400. The third-order valence-electron chi connectivity index (χ3n) is 8.38. The van der Waals surface area contributed by atoms with E-state index in [1.165, 1.54) is 0 Å². The van der Waals surface area contributed by atoms with E-state index in [0.717, 1.165) is 27.8 Å². The summed E-state index contributed by atoms with van der Waals surface area (Å²) in [5.41, 5.74) is 4.90. The molecule has 3 aliphatic rings. The van der Waals surface area contributed by atoms with Crippen LogP contribution in [-0.2, 0) is 20.7 Å². The third kappa shape index (κ3) is 6.97. The van der Waals surface area contributed by atoms with E-state index in [0.29, 0.717) is 45.7 Å². The number of morpholine rings is 1. The molecule has 2 saturated heterocycles. The molecule has 0 bridgehead atoms. The van der Waals surface area contributed by atoms with Crippen LogP contribution in [0.1, 0.15) is 30.9 Å². The van der Waals surface area contributed by atoms with Crippen molar-refractivity contribution in [3.63, 3.8) is 0 Å². The van der Waals surface area contributed by atoms with Gasteiger partial charge in [0.15, 0.2) is 11.6 Å². The molecule has 3 aliphatic heterocycles. The van der Waals surface area contributed by atoms with Gasteiger partial charge in [0, 0.05) is 39.6 Å². The standard InChI is InChI=1S/C33H40FN5O4/c1-22(2)26-8-4-5-9-27(26)24-12-10-23(11-13-24)19-28(33(41)42)36-31(40)25-7-6-14-39(20-25)30-29(34)32(37(3)21-35-30)38-15-17-43-18-16-38/h4-5,8-13,21,25,28,32H,1,6-7,14-20H2,2-3H3,(H,36,40)(H,41,42)/t25?,28-,32?/m0/s1. The fourth-order valence-electron chi connectivity index (χ4n) is 6.07. The number of nitrogens with one attached hydrogen (secondary N) is 1. The van der Waals surface area contributed by atoms with Gasteiger partial charge in [0.2, 0.25) is 5.91 Å². The van der Waals surface area contributed by atoms with Gasteiger partial charge in [0.25, 0.3) is 0 Å². The molecule has 3 heterocycles. The van der Waals surface area contributed by atoms with Crippen molar-refractivity contribution in [2.45, 2.75) is 38.4 Å². The van der Waals surface area contributed by atoms with Crippen molar-refractivity contribution in [1.82, 2.24) is 20.0 Å². The van der Waals surface area contributed by atoms with Crippen molar-refractivity contribution < 1.29 is 23.8 Å². The Kier molecular flexibility index (Phi) is 9.57. The molecule has 10 heteroatoms. The van der Waals surface area contributed by atoms with E-state index in [1.807, 2.05) is 65.3 Å². The number of amides is 1. The normalized spacial score (nSPS) is 21.9. The molecule has 1 amide bonds. The van der Waals surface area contributed by atoms with Gasteiger partial charge < -0.3 is 25.0 Å². The van der Waals surface area contributed by atoms with Crippen LogP contribution in [0.2, 0.25) is 0 Å². The molecule has 9 nitrogen and oxygen atoms in total. The van der Waals surface area contributed by atoms with Crippen LogP contribution in [0.25, 0.3) is 16.7 Å². The number of likely N-dealkylation sites (tertiary alicyclic amines) is 1. The lowest BCUT2D eigenvalue weighted by Crippen LogP contribution is -2.54. The van der Waals surface area contributed by atoms with Crippen LogP contribution in [0.3, 0.4) is 0 Å². The lowest BCUT2D eigenvalue weighted by atomic mass is 9.94. The van der Waals surface area contributed by atoms with E-state index in [4.69, 9.17) is 4.74 Å². The Labute approximate surface area is 252 Å². The Hall–Kier alpha value is -4.02. The first-order chi connectivity index (χ1) is 20.7. The number of nitrogens with zero attached hydrogens (tertiary/aromatic N) is 4. The molecule has 2 fully saturated rings. The first-order valence-electron chi connectivity index (χ1n) is 14.8. The molecule has 5 rings (SSSR count). The van der Waals surface area contributed by atoms with Crippen LogP contribution >= 0.6 is 0 Å². The molecule has 2 N–H and O–H groups in total. The Morgan fingerprint density at radius 1 is 1.14 bits per heavy atom. The first kappa shape index (κ1) is 30.4. The SMILES string of the molecule is C=C(C)c1ccccc1-c1ccc(C[C@H](NC(=O)C2CCCN(C3=C(F)C(N4CCOCC4)N(C)C=N3)C2)C(=O)O)cc1. The second-order valence-electron chi connectivity index (χ2n) is 11.5. The number of benzene rings is 2. The number of halogens is 1. The summed E-state index contributed by atoms with van der Waals surface area (Å²) in [4.78, 5) is 35.5. The molecule has 2 unspecified atom stereocenters. The van der Waals surface area contributed by atoms with Gasteiger partial charge in [-0.15, -0.1) is 0 Å². The summed E-state index contributed by atoms with van der Waals surface area (Å²) in [6.07, 6.45) is 2.48. The van der Waals surface area contributed by atoms with Gasteiger partial charge in [-0.25, -0.2) is 14.2 Å². The van der Waals surface area contributed by atoms with Crippen molar-refractivity contribution in [3.8, 4) is 11.1 Å². The summed E-state index contributed by atoms with van der Waals surface area (Å²) in [6, 6.07) is 14.7. The highest BCUT2D eigenvalue weighted by Crippen LogP contribution is 2.30. The number of ether oxygens (including phenoxy) is 1. The zero-order valence-corrected chi connectivity index (χ0v) is 24.8. The van der Waals surface area contributed by atoms with Crippen LogP contribution in [0.4, 0.5) is 4.39 Å². The maximum atomic E-state index is 15.8. The van der Waals surface area contributed by atoms with Gasteiger partial charge in [-0.1, -0.05) is 60.7 Å². The van der Waals surface area contributed by atoms with Crippen molar-refractivity contribution in [2.75, 3.05) is 46.4 Å². The average molecular weight is 590 g/mol. The van der Waals surface area contributed by atoms with Gasteiger partial charge in [-0.2, -0.15) is 0 Å². The molecule has 43 heavy (non-hydrogen) atoms. The number of carboxylic acids is 1. The average Bonchev–Trinajstić information content (AvgIpc) is 3.01. The molecule has 3 atom stereocenters. The summed E-state index contributed by atoms with van der Waals surface area (Å²) in [6.45, 7) is 9.23. The lowest BCUT2D eigenvalue weighted by molar-refractivity contribution is -0.142. The van der Waals surface area contributed by atoms with E-state index >= 15 is 4.39 Å². The van der Waals surface area contributed by atoms with Crippen LogP contribution in [-0.4, -0.2) is 96.7 Å². The number of aliphatic carboxylic acids is 1. The van der Waals surface area contributed by atoms with E-state index < -0.39 is 24.1 Å². The van der Waals surface area contributed by atoms with Crippen molar-refractivity contribution in [1.29, 1.82) is 0 Å². The molecular formula is C33H40FN5O4. The number of hydrogen-bond acceptors (Lipinski definition) is 7. The highest BCUT2D eigenvalue weighted by atomic mass is 19.1. The summed E-state index contributed by atoms with van der Waals surface area (Å²) >= 11 is 0. The molecule has 2 aromatic carbocycles. The number of allylic oxidation sites excluding steroid dienone is 1. The third-order valence-corrected chi connectivity index (χ3v) is 8.38. The molecule has 0 saturated carbocycles. The maximum absolute atomic E-state index is 15.8. The number of carbonyl (C=O) groups excluding carboxylic acids is 1. The number of aliphatic imine (C=N–C) groups is 1. The predicted molar refractivity (Wildman–Crippen MR) is 165 cm³/mol. The lowest BCUT2D eigenvalue weighted by Gasteiger charge is -2.42. The summed E-state index contributed by atoms with van der Waals surface area (Å²) in [5, 5.41) is 12.7. The highest BCUT2D eigenvalue weighted by Gasteiger charge is 2.36. The number of carbonyl (C=O) groups is 2. The molecule has 0 radical (unpaired) electrons. The van der Waals surface area contributed by atoms with Crippen LogP contribution in [0.15, 0.2) is 71.8 Å². The molecule has 0 aromatic heterocycles. The monoisotopic (exact) mass is 589 g/mol. The summed E-state index contributed by atoms with van der Waals surface area (Å²) in [7, 11) is 1.80. The zero-order valence-electron chi connectivity index (χ0n) is 24.8. The van der Waals surface area contributed by atoms with E-state index in [9.17, 15) is 14.7 Å². The number of rotatable bonds is 9. The second-order valence-corrected chi connectivity index (χ2v) is 11.5. The number of hydrogen-bond donors (Lipinski definition) is 2.